The molecule has 27 heavy (non-hydrogen) atoms. The molecule has 0 bridgehead atoms. The standard InChI is InChI=1S/C19H30ClN5O2/c1-5-9-21-19(22-12-18(26)24(2)3)23-15-8-10-25(13-15)16-11-14(20)6-7-17(16)27-4/h6-7,11,15H,5,8-10,12-13H2,1-4H3,(H2,21,22,23). The van der Waals surface area contributed by atoms with Crippen LogP contribution >= 0.6 is 11.6 Å². The highest BCUT2D eigenvalue weighted by Gasteiger charge is 2.25. The molecular weight excluding hydrogens is 366 g/mol. The van der Waals surface area contributed by atoms with Crippen LogP contribution in [0.25, 0.3) is 0 Å². The molecule has 1 atom stereocenters. The first kappa shape index (κ1) is 21.2. The van der Waals surface area contributed by atoms with E-state index in [-0.39, 0.29) is 18.5 Å². The maximum atomic E-state index is 11.8. The first-order valence-corrected chi connectivity index (χ1v) is 9.65. The predicted molar refractivity (Wildman–Crippen MR) is 111 cm³/mol. The van der Waals surface area contributed by atoms with Crippen molar-refractivity contribution in [3.8, 4) is 5.75 Å². The Morgan fingerprint density at radius 1 is 1.44 bits per heavy atom. The largest absolute Gasteiger partial charge is 0.495 e. The van der Waals surface area contributed by atoms with Crippen molar-refractivity contribution in [3.05, 3.63) is 23.2 Å². The van der Waals surface area contributed by atoms with Crippen LogP contribution in [0.2, 0.25) is 5.02 Å². The van der Waals surface area contributed by atoms with Gasteiger partial charge in [0.1, 0.15) is 12.3 Å². The number of ether oxygens (including phenoxy) is 1. The zero-order chi connectivity index (χ0) is 19.8. The molecule has 0 aromatic heterocycles. The lowest BCUT2D eigenvalue weighted by molar-refractivity contribution is -0.127. The summed E-state index contributed by atoms with van der Waals surface area (Å²) in [4.78, 5) is 20.1. The molecule has 1 amide bonds. The number of aliphatic imine (C=N–C) groups is 1. The van der Waals surface area contributed by atoms with Crippen molar-refractivity contribution in [2.75, 3.05) is 52.3 Å². The lowest BCUT2D eigenvalue weighted by Crippen LogP contribution is -2.45. The van der Waals surface area contributed by atoms with Crippen LogP contribution in [0, 0.1) is 0 Å². The lowest BCUT2D eigenvalue weighted by Gasteiger charge is -2.22. The van der Waals surface area contributed by atoms with Gasteiger partial charge in [-0.1, -0.05) is 18.5 Å². The summed E-state index contributed by atoms with van der Waals surface area (Å²) < 4.78 is 5.47. The molecule has 0 aliphatic carbocycles. The molecule has 1 heterocycles. The van der Waals surface area contributed by atoms with Crippen molar-refractivity contribution in [3.63, 3.8) is 0 Å². The van der Waals surface area contributed by atoms with Gasteiger partial charge in [0, 0.05) is 44.8 Å². The van der Waals surface area contributed by atoms with E-state index in [0.717, 1.165) is 43.9 Å². The Balaban J connectivity index is 2.02. The van der Waals surface area contributed by atoms with E-state index < -0.39 is 0 Å². The third-order valence-corrected chi connectivity index (χ3v) is 4.66. The number of nitrogens with zero attached hydrogens (tertiary/aromatic N) is 3. The number of halogens is 1. The van der Waals surface area contributed by atoms with Crippen LogP contribution in [0.3, 0.4) is 0 Å². The fraction of sp³-hybridized carbons (Fsp3) is 0.579. The number of amides is 1. The molecule has 1 saturated heterocycles. The van der Waals surface area contributed by atoms with Crippen molar-refractivity contribution in [2.24, 2.45) is 4.99 Å². The van der Waals surface area contributed by atoms with E-state index >= 15 is 0 Å². The molecule has 8 heteroatoms. The summed E-state index contributed by atoms with van der Waals surface area (Å²) in [7, 11) is 5.13. The van der Waals surface area contributed by atoms with Crippen molar-refractivity contribution >= 4 is 29.2 Å². The molecule has 2 rings (SSSR count). The number of guanidine groups is 1. The average molecular weight is 396 g/mol. The van der Waals surface area contributed by atoms with Crippen LogP contribution in [0.1, 0.15) is 19.8 Å². The number of benzene rings is 1. The molecule has 7 nitrogen and oxygen atoms in total. The highest BCUT2D eigenvalue weighted by molar-refractivity contribution is 6.30. The third kappa shape index (κ3) is 6.20. The van der Waals surface area contributed by atoms with Crippen LogP contribution < -0.4 is 20.3 Å². The van der Waals surface area contributed by atoms with Crippen LogP contribution in [-0.4, -0.2) is 70.2 Å². The quantitative estimate of drug-likeness (QED) is 0.545. The highest BCUT2D eigenvalue weighted by Crippen LogP contribution is 2.33. The molecular formula is C19H30ClN5O2. The fourth-order valence-electron chi connectivity index (χ4n) is 2.88. The molecule has 1 aliphatic rings. The van der Waals surface area contributed by atoms with Crippen LogP contribution in [0.5, 0.6) is 5.75 Å². The number of rotatable bonds is 7. The number of carbonyl (C=O) groups is 1. The molecule has 1 aliphatic heterocycles. The summed E-state index contributed by atoms with van der Waals surface area (Å²) in [5.74, 6) is 1.47. The summed E-state index contributed by atoms with van der Waals surface area (Å²) in [5, 5.41) is 7.42. The van der Waals surface area contributed by atoms with Crippen LogP contribution in [0.15, 0.2) is 23.2 Å². The van der Waals surface area contributed by atoms with E-state index in [1.165, 1.54) is 0 Å². The smallest absolute Gasteiger partial charge is 0.243 e. The van der Waals surface area contributed by atoms with Gasteiger partial charge in [0.25, 0.3) is 0 Å². The zero-order valence-corrected chi connectivity index (χ0v) is 17.3. The SMILES string of the molecule is CCCNC(=NCC(=O)N(C)C)NC1CCN(c2cc(Cl)ccc2OC)C1. The summed E-state index contributed by atoms with van der Waals surface area (Å²) in [5.41, 5.74) is 0.997. The predicted octanol–water partition coefficient (Wildman–Crippen LogP) is 1.96. The zero-order valence-electron chi connectivity index (χ0n) is 16.6. The second-order valence-electron chi connectivity index (χ2n) is 6.77. The van der Waals surface area contributed by atoms with Crippen LogP contribution in [0.4, 0.5) is 5.69 Å². The van der Waals surface area contributed by atoms with E-state index in [0.29, 0.717) is 11.0 Å². The van der Waals surface area contributed by atoms with Gasteiger partial charge in [-0.05, 0) is 31.0 Å². The van der Waals surface area contributed by atoms with Crippen LogP contribution in [-0.2, 0) is 4.79 Å². The first-order chi connectivity index (χ1) is 12.9. The molecule has 1 unspecified atom stereocenters. The molecule has 2 N–H and O–H groups in total. The minimum absolute atomic E-state index is 0.0238. The van der Waals surface area contributed by atoms with Gasteiger partial charge in [0.15, 0.2) is 5.96 Å². The van der Waals surface area contributed by atoms with E-state index in [4.69, 9.17) is 16.3 Å². The average Bonchev–Trinajstić information content (AvgIpc) is 3.11. The maximum Gasteiger partial charge on any atom is 0.243 e. The van der Waals surface area contributed by atoms with Gasteiger partial charge in [-0.3, -0.25) is 4.79 Å². The monoisotopic (exact) mass is 395 g/mol. The molecule has 1 aromatic carbocycles. The Labute approximate surface area is 166 Å². The fourth-order valence-corrected chi connectivity index (χ4v) is 3.05. The summed E-state index contributed by atoms with van der Waals surface area (Å²) >= 11 is 6.16. The number of likely N-dealkylation sites (N-methyl/N-ethyl adjacent to an activating group) is 1. The van der Waals surface area contributed by atoms with Gasteiger partial charge in [-0.25, -0.2) is 4.99 Å². The normalized spacial score (nSPS) is 17.0. The van der Waals surface area contributed by atoms with Gasteiger partial charge >= 0.3 is 0 Å². The van der Waals surface area contributed by atoms with E-state index in [1.54, 1.807) is 26.1 Å². The van der Waals surface area contributed by atoms with E-state index in [9.17, 15) is 4.79 Å². The third-order valence-electron chi connectivity index (χ3n) is 4.42. The number of hydrogen-bond donors (Lipinski definition) is 2. The van der Waals surface area contributed by atoms with Gasteiger partial charge in [0.05, 0.1) is 12.8 Å². The highest BCUT2D eigenvalue weighted by atomic mass is 35.5. The number of carbonyl (C=O) groups excluding carboxylic acids is 1. The minimum Gasteiger partial charge on any atom is -0.495 e. The summed E-state index contributed by atoms with van der Waals surface area (Å²) in [6.45, 7) is 4.74. The lowest BCUT2D eigenvalue weighted by atomic mass is 10.2. The van der Waals surface area contributed by atoms with Gasteiger partial charge < -0.3 is 25.2 Å². The number of anilines is 1. The van der Waals surface area contributed by atoms with Gasteiger partial charge in [0.2, 0.25) is 5.91 Å². The molecule has 0 saturated carbocycles. The Hall–Kier alpha value is -2.15. The second-order valence-corrected chi connectivity index (χ2v) is 7.21. The Bertz CT molecular complexity index is 666. The number of nitrogens with one attached hydrogen (secondary N) is 2. The molecule has 0 spiro atoms. The summed E-state index contributed by atoms with van der Waals surface area (Å²) in [6.07, 6.45) is 1.95. The Morgan fingerprint density at radius 2 is 2.22 bits per heavy atom. The van der Waals surface area contributed by atoms with E-state index in [1.807, 2.05) is 18.2 Å². The van der Waals surface area contributed by atoms with Gasteiger partial charge in [-0.15, -0.1) is 0 Å². The van der Waals surface area contributed by atoms with Crippen molar-refractivity contribution in [1.82, 2.24) is 15.5 Å². The van der Waals surface area contributed by atoms with Crippen molar-refractivity contribution < 1.29 is 9.53 Å². The molecule has 1 fully saturated rings. The maximum absolute atomic E-state index is 11.8. The minimum atomic E-state index is -0.0238. The first-order valence-electron chi connectivity index (χ1n) is 9.28. The molecule has 1 aromatic rings. The second kappa shape index (κ2) is 10.3. The Kier molecular flexibility index (Phi) is 8.03. The number of methoxy groups -OCH3 is 1. The van der Waals surface area contributed by atoms with Crippen molar-refractivity contribution in [1.29, 1.82) is 0 Å². The molecule has 150 valence electrons. The van der Waals surface area contributed by atoms with Gasteiger partial charge in [-0.2, -0.15) is 0 Å². The summed E-state index contributed by atoms with van der Waals surface area (Å²) in [6, 6.07) is 5.88. The van der Waals surface area contributed by atoms with Crippen molar-refractivity contribution in [2.45, 2.75) is 25.8 Å². The Morgan fingerprint density at radius 3 is 2.89 bits per heavy atom. The number of hydrogen-bond acceptors (Lipinski definition) is 4. The topological polar surface area (TPSA) is 69.2 Å². The molecule has 0 radical (unpaired) electrons. The van der Waals surface area contributed by atoms with E-state index in [2.05, 4.69) is 27.4 Å².